The van der Waals surface area contributed by atoms with Crippen LogP contribution in [0.15, 0.2) is 91.1 Å². The number of benzene rings is 3. The molecule has 0 spiro atoms. The summed E-state index contributed by atoms with van der Waals surface area (Å²) < 4.78 is 16.8. The Morgan fingerprint density at radius 1 is 1.00 bits per heavy atom. The molecule has 0 fully saturated rings. The first kappa shape index (κ1) is 18.7. The fourth-order valence-electron chi connectivity index (χ4n) is 3.73. The van der Waals surface area contributed by atoms with E-state index in [0.717, 1.165) is 22.0 Å². The summed E-state index contributed by atoms with van der Waals surface area (Å²) in [6.45, 7) is 1.78. The van der Waals surface area contributed by atoms with Gasteiger partial charge in [-0.25, -0.2) is 9.18 Å². The van der Waals surface area contributed by atoms with Crippen molar-refractivity contribution < 1.29 is 14.3 Å². The van der Waals surface area contributed by atoms with Gasteiger partial charge in [0, 0.05) is 28.7 Å². The van der Waals surface area contributed by atoms with Gasteiger partial charge in [0.1, 0.15) is 5.82 Å². The Kier molecular flexibility index (Phi) is 5.00. The van der Waals surface area contributed by atoms with Crippen molar-refractivity contribution in [2.24, 2.45) is 0 Å². The lowest BCUT2D eigenvalue weighted by atomic mass is 9.97. The smallest absolute Gasteiger partial charge is 0.328 e. The second kappa shape index (κ2) is 7.76. The molecule has 0 saturated carbocycles. The molecule has 0 bridgehead atoms. The van der Waals surface area contributed by atoms with Gasteiger partial charge in [0.25, 0.3) is 0 Å². The van der Waals surface area contributed by atoms with Gasteiger partial charge < -0.3 is 9.67 Å². The highest BCUT2D eigenvalue weighted by Gasteiger charge is 2.21. The molecule has 144 valence electrons. The van der Waals surface area contributed by atoms with Gasteiger partial charge in [0.2, 0.25) is 0 Å². The number of nitrogens with zero attached hydrogens (tertiary/aromatic N) is 1. The van der Waals surface area contributed by atoms with Crippen LogP contribution in [0.5, 0.6) is 0 Å². The Morgan fingerprint density at radius 2 is 1.72 bits per heavy atom. The van der Waals surface area contributed by atoms with Crippen molar-refractivity contribution in [2.45, 2.75) is 13.0 Å². The van der Waals surface area contributed by atoms with Crippen molar-refractivity contribution in [3.63, 3.8) is 0 Å². The highest BCUT2D eigenvalue weighted by molar-refractivity contribution is 5.92. The van der Waals surface area contributed by atoms with Gasteiger partial charge in [0.05, 0.1) is 6.04 Å². The maximum absolute atomic E-state index is 14.7. The second-order valence-electron chi connectivity index (χ2n) is 7.00. The zero-order chi connectivity index (χ0) is 20.4. The normalized spacial score (nSPS) is 12.8. The highest BCUT2D eigenvalue weighted by Crippen LogP contribution is 2.33. The first-order valence-electron chi connectivity index (χ1n) is 9.36. The number of rotatable bonds is 5. The summed E-state index contributed by atoms with van der Waals surface area (Å²) in [5.41, 5.74) is 4.07. The van der Waals surface area contributed by atoms with Gasteiger partial charge in [-0.3, -0.25) is 0 Å². The quantitative estimate of drug-likeness (QED) is 0.434. The lowest BCUT2D eigenvalue weighted by Gasteiger charge is -2.22. The third-order valence-electron chi connectivity index (χ3n) is 5.11. The van der Waals surface area contributed by atoms with Crippen LogP contribution in [0.3, 0.4) is 0 Å². The number of carboxylic acids is 1. The van der Waals surface area contributed by atoms with E-state index < -0.39 is 5.97 Å². The third-order valence-corrected chi connectivity index (χ3v) is 5.11. The molecule has 0 aliphatic rings. The van der Waals surface area contributed by atoms with Crippen molar-refractivity contribution >= 4 is 22.4 Å². The van der Waals surface area contributed by atoms with Crippen molar-refractivity contribution in [1.82, 2.24) is 4.57 Å². The highest BCUT2D eigenvalue weighted by atomic mass is 19.1. The maximum atomic E-state index is 14.7. The molecule has 1 heterocycles. The van der Waals surface area contributed by atoms with Gasteiger partial charge in [-0.05, 0) is 47.9 Å². The number of fused-ring (bicyclic) bond motifs is 1. The predicted octanol–water partition coefficient (Wildman–Crippen LogP) is 5.91. The summed E-state index contributed by atoms with van der Waals surface area (Å²) in [7, 11) is 0. The summed E-state index contributed by atoms with van der Waals surface area (Å²) in [6, 6.07) is 24.2. The van der Waals surface area contributed by atoms with Gasteiger partial charge in [-0.1, -0.05) is 54.6 Å². The molecule has 1 aromatic heterocycles. The summed E-state index contributed by atoms with van der Waals surface area (Å²) in [5.74, 6) is -1.22. The van der Waals surface area contributed by atoms with Crippen molar-refractivity contribution in [2.75, 3.05) is 0 Å². The Morgan fingerprint density at radius 3 is 2.45 bits per heavy atom. The number of aliphatic carboxylic acids is 1. The van der Waals surface area contributed by atoms with Crippen LogP contribution < -0.4 is 0 Å². The zero-order valence-electron chi connectivity index (χ0n) is 15.9. The van der Waals surface area contributed by atoms with Gasteiger partial charge in [-0.15, -0.1) is 0 Å². The molecular formula is C25H20FNO2. The van der Waals surface area contributed by atoms with Crippen LogP contribution >= 0.6 is 0 Å². The number of carbonyl (C=O) groups is 1. The molecule has 29 heavy (non-hydrogen) atoms. The Balaban J connectivity index is 1.88. The Hall–Kier alpha value is -3.66. The van der Waals surface area contributed by atoms with Crippen LogP contribution in [0.4, 0.5) is 4.39 Å². The first-order valence-corrected chi connectivity index (χ1v) is 9.36. The van der Waals surface area contributed by atoms with Gasteiger partial charge in [0.15, 0.2) is 0 Å². The van der Waals surface area contributed by atoms with Gasteiger partial charge in [-0.2, -0.15) is 0 Å². The lowest BCUT2D eigenvalue weighted by Crippen LogP contribution is -2.13. The van der Waals surface area contributed by atoms with Crippen LogP contribution in [-0.2, 0) is 4.79 Å². The average Bonchev–Trinajstić information content (AvgIpc) is 3.13. The lowest BCUT2D eigenvalue weighted by molar-refractivity contribution is -0.131. The number of carboxylic acid groups (broad SMARTS) is 1. The van der Waals surface area contributed by atoms with E-state index in [1.807, 2.05) is 72.9 Å². The second-order valence-corrected chi connectivity index (χ2v) is 7.00. The summed E-state index contributed by atoms with van der Waals surface area (Å²) in [5, 5.41) is 9.97. The molecule has 1 N–H and O–H groups in total. The topological polar surface area (TPSA) is 42.2 Å². The summed E-state index contributed by atoms with van der Waals surface area (Å²) in [4.78, 5) is 11.0. The van der Waals surface area contributed by atoms with E-state index in [2.05, 4.69) is 4.57 Å². The van der Waals surface area contributed by atoms with E-state index in [-0.39, 0.29) is 11.9 Å². The van der Waals surface area contributed by atoms with E-state index in [4.69, 9.17) is 5.11 Å². The van der Waals surface area contributed by atoms with E-state index >= 15 is 0 Å². The van der Waals surface area contributed by atoms with E-state index in [1.165, 1.54) is 12.1 Å². The maximum Gasteiger partial charge on any atom is 0.328 e. The van der Waals surface area contributed by atoms with E-state index in [0.29, 0.717) is 11.1 Å². The molecule has 0 amide bonds. The monoisotopic (exact) mass is 385 g/mol. The van der Waals surface area contributed by atoms with Crippen LogP contribution in [-0.4, -0.2) is 15.6 Å². The summed E-state index contributed by atoms with van der Waals surface area (Å²) >= 11 is 0. The number of allylic oxidation sites excluding steroid dienone is 1. The largest absolute Gasteiger partial charge is 0.478 e. The molecule has 0 aliphatic carbocycles. The molecule has 0 radical (unpaired) electrons. The minimum atomic E-state index is -0.969. The summed E-state index contributed by atoms with van der Waals surface area (Å²) in [6.07, 6.45) is 3.15. The van der Waals surface area contributed by atoms with Crippen molar-refractivity contribution in [3.05, 3.63) is 114 Å². The standard InChI is InChI=1S/C25H20FNO2/c1-17(15-24(28)29)19-11-12-23-20(16-19)13-14-27(23)25(18-7-3-2-4-8-18)21-9-5-6-10-22(21)26/h2-16,25H,1H3,(H,28,29). The minimum absolute atomic E-state index is 0.250. The number of aromatic nitrogens is 1. The Bertz CT molecular complexity index is 1210. The minimum Gasteiger partial charge on any atom is -0.478 e. The Labute approximate surface area is 168 Å². The predicted molar refractivity (Wildman–Crippen MR) is 113 cm³/mol. The number of halogens is 1. The van der Waals surface area contributed by atoms with Crippen LogP contribution in [0.25, 0.3) is 16.5 Å². The molecule has 3 aromatic carbocycles. The van der Waals surface area contributed by atoms with Crippen molar-refractivity contribution in [3.8, 4) is 0 Å². The van der Waals surface area contributed by atoms with Crippen LogP contribution in [0.1, 0.15) is 29.7 Å². The fourth-order valence-corrected chi connectivity index (χ4v) is 3.73. The zero-order valence-corrected chi connectivity index (χ0v) is 15.9. The fraction of sp³-hybridized carbons (Fsp3) is 0.0800. The molecule has 3 nitrogen and oxygen atoms in total. The van der Waals surface area contributed by atoms with Crippen LogP contribution in [0.2, 0.25) is 0 Å². The van der Waals surface area contributed by atoms with E-state index in [9.17, 15) is 9.18 Å². The number of hydrogen-bond donors (Lipinski definition) is 1. The van der Waals surface area contributed by atoms with Crippen molar-refractivity contribution in [1.29, 1.82) is 0 Å². The molecule has 4 rings (SSSR count). The first-order chi connectivity index (χ1) is 14.0. The number of hydrogen-bond acceptors (Lipinski definition) is 1. The molecule has 4 aromatic rings. The molecule has 4 heteroatoms. The SMILES string of the molecule is CC(=CC(=O)O)c1ccc2c(ccn2C(c2ccccc2)c2ccccc2F)c1. The third kappa shape index (κ3) is 3.69. The molecule has 0 aliphatic heterocycles. The van der Waals surface area contributed by atoms with Crippen LogP contribution in [0, 0.1) is 5.82 Å². The van der Waals surface area contributed by atoms with Gasteiger partial charge >= 0.3 is 5.97 Å². The molecule has 0 saturated heterocycles. The molecule has 1 unspecified atom stereocenters. The average molecular weight is 385 g/mol. The van der Waals surface area contributed by atoms with E-state index in [1.54, 1.807) is 13.0 Å². The molecular weight excluding hydrogens is 365 g/mol. The molecule has 1 atom stereocenters.